The first-order valence-corrected chi connectivity index (χ1v) is 9.28. The van der Waals surface area contributed by atoms with Crippen molar-refractivity contribution >= 4 is 26.7 Å². The van der Waals surface area contributed by atoms with E-state index >= 15 is 0 Å². The molecule has 1 saturated heterocycles. The zero-order valence-corrected chi connectivity index (χ0v) is 14.1. The first-order valence-electron chi connectivity index (χ1n) is 7.08. The van der Waals surface area contributed by atoms with E-state index in [0.29, 0.717) is 10.9 Å². The molecule has 24 heavy (non-hydrogen) atoms. The maximum atomic E-state index is 13.5. The third-order valence-electron chi connectivity index (χ3n) is 3.34. The van der Waals surface area contributed by atoms with Crippen molar-refractivity contribution < 1.29 is 18.7 Å². The fourth-order valence-corrected chi connectivity index (χ4v) is 4.22. The van der Waals surface area contributed by atoms with Crippen molar-refractivity contribution in [3.05, 3.63) is 58.4 Å². The molecule has 3 rings (SSSR count). The molecule has 2 N–H and O–H groups in total. The fourth-order valence-electron chi connectivity index (χ4n) is 2.14. The van der Waals surface area contributed by atoms with Gasteiger partial charge in [0.05, 0.1) is 0 Å². The molecular formula is C15H14FN3O4Se. The number of aromatic nitrogens is 2. The van der Waals surface area contributed by atoms with E-state index in [4.69, 9.17) is 15.2 Å². The van der Waals surface area contributed by atoms with Gasteiger partial charge in [-0.3, -0.25) is 0 Å². The van der Waals surface area contributed by atoms with Gasteiger partial charge in [0, 0.05) is 0 Å². The van der Waals surface area contributed by atoms with Crippen LogP contribution in [0.4, 0.5) is 10.2 Å². The molecule has 2 heterocycles. The fraction of sp³-hybridized carbons (Fsp3) is 0.267. The maximum absolute atomic E-state index is 13.5. The second-order valence-electron chi connectivity index (χ2n) is 4.98. The van der Waals surface area contributed by atoms with Gasteiger partial charge in [0.25, 0.3) is 0 Å². The normalized spacial score (nSPS) is 20.0. The van der Waals surface area contributed by atoms with Crippen LogP contribution in [0.2, 0.25) is 5.32 Å². The molecule has 1 aliphatic rings. The minimum atomic E-state index is -0.773. The second-order valence-corrected chi connectivity index (χ2v) is 7.48. The molecule has 1 aromatic carbocycles. The van der Waals surface area contributed by atoms with Crippen LogP contribution in [0.1, 0.15) is 16.6 Å². The Labute approximate surface area is 142 Å². The van der Waals surface area contributed by atoms with E-state index in [1.807, 2.05) is 6.07 Å². The summed E-state index contributed by atoms with van der Waals surface area (Å²) in [5.41, 5.74) is 5.05. The van der Waals surface area contributed by atoms with Crippen LogP contribution in [0, 0.1) is 5.82 Å². The minimum absolute atomic E-state index is 0.0149. The van der Waals surface area contributed by atoms with E-state index < -0.39 is 29.5 Å². The summed E-state index contributed by atoms with van der Waals surface area (Å²) in [6.07, 6.45) is 0.365. The Morgan fingerprint density at radius 2 is 2.21 bits per heavy atom. The summed E-state index contributed by atoms with van der Waals surface area (Å²) in [6.45, 7) is 0.0872. The van der Waals surface area contributed by atoms with Crippen LogP contribution < -0.4 is 11.4 Å². The molecule has 0 saturated carbocycles. The number of nitrogens with two attached hydrogens (primary N) is 1. The number of rotatable bonds is 4. The number of carbonyl (C=O) groups excluding carboxylic acids is 1. The number of nitrogens with zero attached hydrogens (tertiary/aromatic N) is 2. The van der Waals surface area contributed by atoms with Gasteiger partial charge in [-0.05, 0) is 0 Å². The quantitative estimate of drug-likeness (QED) is 0.605. The van der Waals surface area contributed by atoms with Crippen LogP contribution >= 0.6 is 0 Å². The van der Waals surface area contributed by atoms with Gasteiger partial charge >= 0.3 is 142 Å². The van der Waals surface area contributed by atoms with Crippen molar-refractivity contribution in [2.45, 2.75) is 16.5 Å². The van der Waals surface area contributed by atoms with Crippen LogP contribution in [0.15, 0.2) is 41.3 Å². The van der Waals surface area contributed by atoms with Gasteiger partial charge in [0.1, 0.15) is 0 Å². The number of carbonyl (C=O) groups is 1. The first-order chi connectivity index (χ1) is 11.5. The molecule has 0 radical (unpaired) electrons. The molecule has 9 heteroatoms. The topological polar surface area (TPSA) is 96.4 Å². The van der Waals surface area contributed by atoms with Crippen LogP contribution in [-0.4, -0.2) is 42.1 Å². The zero-order chi connectivity index (χ0) is 17.1. The van der Waals surface area contributed by atoms with Gasteiger partial charge in [-0.1, -0.05) is 0 Å². The number of hydrogen-bond acceptors (Lipinski definition) is 6. The molecule has 2 unspecified atom stereocenters. The van der Waals surface area contributed by atoms with Crippen LogP contribution in [0.25, 0.3) is 0 Å². The Hall–Kier alpha value is -2.22. The Morgan fingerprint density at radius 1 is 1.46 bits per heavy atom. The van der Waals surface area contributed by atoms with Gasteiger partial charge < -0.3 is 0 Å². The number of hydrogen-bond donors (Lipinski definition) is 1. The number of ether oxygens (including phenoxy) is 2. The predicted octanol–water partition coefficient (Wildman–Crippen LogP) is 0.799. The molecule has 2 atom stereocenters. The summed E-state index contributed by atoms with van der Waals surface area (Å²) in [6, 6.07) is 8.62. The first kappa shape index (κ1) is 16.6. The molecule has 0 spiro atoms. The van der Waals surface area contributed by atoms with Crippen LogP contribution in [0.5, 0.6) is 0 Å². The van der Waals surface area contributed by atoms with Crippen LogP contribution in [0.3, 0.4) is 0 Å². The molecule has 0 aliphatic carbocycles. The molecule has 1 aliphatic heterocycles. The van der Waals surface area contributed by atoms with Gasteiger partial charge in [-0.25, -0.2) is 0 Å². The summed E-state index contributed by atoms with van der Waals surface area (Å²) in [4.78, 5) is 27.1. The second kappa shape index (κ2) is 7.12. The third kappa shape index (κ3) is 3.64. The Kier molecular flexibility index (Phi) is 4.94. The Balaban J connectivity index is 1.59. The van der Waals surface area contributed by atoms with E-state index in [-0.39, 0.29) is 26.6 Å². The van der Waals surface area contributed by atoms with Crippen molar-refractivity contribution in [2.24, 2.45) is 0 Å². The van der Waals surface area contributed by atoms with Crippen molar-refractivity contribution in [2.75, 3.05) is 12.3 Å². The summed E-state index contributed by atoms with van der Waals surface area (Å²) >= 11 is -0.0149. The number of anilines is 1. The number of esters is 1. The Morgan fingerprint density at radius 3 is 2.96 bits per heavy atom. The van der Waals surface area contributed by atoms with Crippen molar-refractivity contribution in [1.82, 2.24) is 9.55 Å². The number of halogens is 1. The van der Waals surface area contributed by atoms with Crippen molar-refractivity contribution in [3.63, 3.8) is 0 Å². The van der Waals surface area contributed by atoms with Gasteiger partial charge in [0.2, 0.25) is 0 Å². The summed E-state index contributed by atoms with van der Waals surface area (Å²) < 4.78 is 25.5. The molecule has 7 nitrogen and oxygen atoms in total. The zero-order valence-electron chi connectivity index (χ0n) is 12.4. The van der Waals surface area contributed by atoms with E-state index in [9.17, 15) is 14.0 Å². The summed E-state index contributed by atoms with van der Waals surface area (Å²) in [5, 5.41) is 0.244. The van der Waals surface area contributed by atoms with E-state index in [1.165, 1.54) is 0 Å². The van der Waals surface area contributed by atoms with E-state index in [0.717, 1.165) is 10.8 Å². The molecule has 126 valence electrons. The molecule has 1 aromatic heterocycles. The van der Waals surface area contributed by atoms with Crippen molar-refractivity contribution in [3.8, 4) is 0 Å². The average Bonchev–Trinajstić information content (AvgIpc) is 3.05. The summed E-state index contributed by atoms with van der Waals surface area (Å²) in [5.74, 6) is -1.64. The molecule has 1 fully saturated rings. The average molecular weight is 398 g/mol. The summed E-state index contributed by atoms with van der Waals surface area (Å²) in [7, 11) is 0. The molecule has 2 aromatic rings. The monoisotopic (exact) mass is 399 g/mol. The SMILES string of the molecule is Nc1nc(=O)n(C2C[Se]C(COC(=O)c3ccccc3)O2)cc1F. The predicted molar refractivity (Wildman–Crippen MR) is 84.1 cm³/mol. The van der Waals surface area contributed by atoms with E-state index in [1.54, 1.807) is 24.3 Å². The third-order valence-corrected chi connectivity index (χ3v) is 5.64. The van der Waals surface area contributed by atoms with Gasteiger partial charge in [0.15, 0.2) is 0 Å². The van der Waals surface area contributed by atoms with Gasteiger partial charge in [-0.15, -0.1) is 0 Å². The molecule has 0 bridgehead atoms. The number of nitrogen functional groups attached to an aromatic ring is 1. The standard InChI is InChI=1S/C15H14FN3O4Se/c16-10-6-19(15(21)18-13(10)17)11-8-24-12(23-11)7-22-14(20)9-4-2-1-3-5-9/h1-6,11-12H,7-8H2,(H2,17,18,21). The van der Waals surface area contributed by atoms with Crippen LogP contribution in [-0.2, 0) is 9.47 Å². The Bertz CT molecular complexity index is 799. The molecule has 0 amide bonds. The van der Waals surface area contributed by atoms with Crippen molar-refractivity contribution in [1.29, 1.82) is 0 Å². The van der Waals surface area contributed by atoms with E-state index in [2.05, 4.69) is 4.98 Å². The molecular weight excluding hydrogens is 384 g/mol. The van der Waals surface area contributed by atoms with Gasteiger partial charge in [-0.2, -0.15) is 0 Å². The number of benzene rings is 1.